The molecule has 0 radical (unpaired) electrons. The van der Waals surface area contributed by atoms with Gasteiger partial charge in [0.1, 0.15) is 16.1 Å². The first-order chi connectivity index (χ1) is 16.8. The molecule has 184 valence electrons. The van der Waals surface area contributed by atoms with Crippen LogP contribution in [0.25, 0.3) is 16.3 Å². The van der Waals surface area contributed by atoms with E-state index in [-0.39, 0.29) is 9.90 Å². The maximum atomic E-state index is 13.3. The first-order valence-electron chi connectivity index (χ1n) is 11.2. The molecule has 3 aromatic heterocycles. The molecule has 6 rings (SSSR count). The van der Waals surface area contributed by atoms with Crippen LogP contribution in [0.4, 0.5) is 14.5 Å². The van der Waals surface area contributed by atoms with E-state index < -0.39 is 27.0 Å². The van der Waals surface area contributed by atoms with Crippen LogP contribution in [0.2, 0.25) is 0 Å². The summed E-state index contributed by atoms with van der Waals surface area (Å²) in [6.45, 7) is 2.79. The summed E-state index contributed by atoms with van der Waals surface area (Å²) >= 11 is 0.733. The van der Waals surface area contributed by atoms with Gasteiger partial charge in [0.25, 0.3) is 6.43 Å². The number of hydrogen-bond acceptors (Lipinski definition) is 9. The summed E-state index contributed by atoms with van der Waals surface area (Å²) in [5.41, 5.74) is 0.385. The van der Waals surface area contributed by atoms with Gasteiger partial charge in [-0.2, -0.15) is 9.98 Å². The highest BCUT2D eigenvalue weighted by atomic mass is 32.2. The molecule has 1 N–H and O–H groups in total. The van der Waals surface area contributed by atoms with E-state index in [4.69, 9.17) is 4.74 Å². The monoisotopic (exact) mass is 521 g/mol. The number of pyridine rings is 1. The Hall–Kier alpha value is -2.73. The molecule has 35 heavy (non-hydrogen) atoms. The van der Waals surface area contributed by atoms with Crippen molar-refractivity contribution in [1.29, 1.82) is 5.26 Å². The maximum absolute atomic E-state index is 13.3. The molecular formula is C21H21F2N7O3S2. The van der Waals surface area contributed by atoms with Gasteiger partial charge >= 0.3 is 0 Å². The average molecular weight is 522 g/mol. The van der Waals surface area contributed by atoms with Crippen molar-refractivity contribution >= 4 is 32.7 Å². The highest BCUT2D eigenvalue weighted by molar-refractivity contribution is 7.89. The molecule has 3 aromatic rings. The molecule has 0 spiro atoms. The second kappa shape index (κ2) is 8.16. The molecule has 1 aliphatic carbocycles. The molecule has 2 atom stereocenters. The molecule has 14 heteroatoms. The Balaban J connectivity index is 1.47. The molecule has 2 saturated heterocycles. The Bertz CT molecular complexity index is 1440. The normalized spacial score (nSPS) is 23.5. The fourth-order valence-corrected chi connectivity index (χ4v) is 6.86. The van der Waals surface area contributed by atoms with Gasteiger partial charge < -0.3 is 9.64 Å². The summed E-state index contributed by atoms with van der Waals surface area (Å²) in [6, 6.07) is 3.61. The fraction of sp³-hybridized carbons (Fsp3) is 0.524. The van der Waals surface area contributed by atoms with E-state index in [0.717, 1.165) is 24.4 Å². The second-order valence-corrected chi connectivity index (χ2v) is 11.9. The quantitative estimate of drug-likeness (QED) is 0.525. The number of imidazole rings is 1. The molecule has 3 aliphatic rings. The minimum atomic E-state index is -4.05. The van der Waals surface area contributed by atoms with Crippen molar-refractivity contribution in [3.63, 3.8) is 0 Å². The fourth-order valence-electron chi connectivity index (χ4n) is 4.77. The molecule has 5 heterocycles. The van der Waals surface area contributed by atoms with Crippen molar-refractivity contribution in [3.8, 4) is 16.8 Å². The number of alkyl halides is 2. The number of piperidine rings is 1. The summed E-state index contributed by atoms with van der Waals surface area (Å²) in [4.78, 5) is 6.57. The lowest BCUT2D eigenvalue weighted by Crippen LogP contribution is -2.40. The van der Waals surface area contributed by atoms with Crippen LogP contribution >= 0.6 is 11.3 Å². The molecule has 0 unspecified atom stereocenters. The zero-order valence-corrected chi connectivity index (χ0v) is 20.0. The molecule has 10 nitrogen and oxygen atoms in total. The van der Waals surface area contributed by atoms with Gasteiger partial charge in [0.2, 0.25) is 10.0 Å². The van der Waals surface area contributed by atoms with Gasteiger partial charge in [-0.1, -0.05) is 11.3 Å². The average Bonchev–Trinajstić information content (AvgIpc) is 3.24. The topological polar surface area (TPSA) is 126 Å². The Morgan fingerprint density at radius 2 is 2.09 bits per heavy atom. The molecule has 0 aromatic carbocycles. The van der Waals surface area contributed by atoms with E-state index in [0.29, 0.717) is 61.4 Å². The van der Waals surface area contributed by atoms with Gasteiger partial charge in [-0.05, 0) is 31.2 Å². The number of rotatable bonds is 6. The summed E-state index contributed by atoms with van der Waals surface area (Å²) in [5.74, 6) is 0.812. The standard InChI is InChI=1S/C21H21F2N7O3S2/c22-17(23)20-27-26-19(34-20)16-6-25-18-15(29-4-1-12-9-33-10-13(12)7-29)5-14(8-30(16)18)35(31,32)28-21(11-24)2-3-21/h5-6,8,12-13,17,28H,1-4,7,9-10H2/t12-,13-/m0/s1. The molecule has 3 fully saturated rings. The van der Waals surface area contributed by atoms with Crippen LogP contribution in [0.5, 0.6) is 0 Å². The predicted molar refractivity (Wildman–Crippen MR) is 122 cm³/mol. The van der Waals surface area contributed by atoms with Gasteiger partial charge in [-0.25, -0.2) is 22.2 Å². The number of ether oxygens (including phenoxy) is 1. The van der Waals surface area contributed by atoms with E-state index in [1.165, 1.54) is 12.4 Å². The first kappa shape index (κ1) is 22.7. The van der Waals surface area contributed by atoms with Crippen molar-refractivity contribution in [2.24, 2.45) is 11.8 Å². The zero-order chi connectivity index (χ0) is 24.4. The highest BCUT2D eigenvalue weighted by Gasteiger charge is 2.47. The van der Waals surface area contributed by atoms with Crippen LogP contribution in [-0.2, 0) is 14.8 Å². The minimum absolute atomic E-state index is 0.0378. The third-order valence-electron chi connectivity index (χ3n) is 6.91. The van der Waals surface area contributed by atoms with E-state index in [9.17, 15) is 22.5 Å². The summed E-state index contributed by atoms with van der Waals surface area (Å²) in [7, 11) is -4.05. The van der Waals surface area contributed by atoms with Gasteiger partial charge in [-0.15, -0.1) is 10.2 Å². The van der Waals surface area contributed by atoms with Crippen LogP contribution in [0.1, 0.15) is 30.7 Å². The summed E-state index contributed by atoms with van der Waals surface area (Å²) < 4.78 is 62.6. The summed E-state index contributed by atoms with van der Waals surface area (Å²) in [5, 5.41) is 16.6. The van der Waals surface area contributed by atoms with E-state index in [1.807, 2.05) is 6.07 Å². The van der Waals surface area contributed by atoms with Crippen molar-refractivity contribution < 1.29 is 21.9 Å². The van der Waals surface area contributed by atoms with Crippen molar-refractivity contribution in [1.82, 2.24) is 24.3 Å². The molecule has 0 amide bonds. The molecule has 2 aliphatic heterocycles. The van der Waals surface area contributed by atoms with Crippen molar-refractivity contribution in [3.05, 3.63) is 23.5 Å². The third kappa shape index (κ3) is 3.96. The maximum Gasteiger partial charge on any atom is 0.291 e. The van der Waals surface area contributed by atoms with Gasteiger partial charge in [0.15, 0.2) is 15.7 Å². The number of hydrogen-bond donors (Lipinski definition) is 1. The van der Waals surface area contributed by atoms with E-state index in [2.05, 4.69) is 24.8 Å². The number of nitrogens with zero attached hydrogens (tertiary/aromatic N) is 6. The van der Waals surface area contributed by atoms with Crippen LogP contribution in [0, 0.1) is 23.2 Å². The van der Waals surface area contributed by atoms with Gasteiger partial charge in [0.05, 0.1) is 24.6 Å². The molecular weight excluding hydrogens is 500 g/mol. The van der Waals surface area contributed by atoms with E-state index in [1.54, 1.807) is 10.5 Å². The number of sulfonamides is 1. The summed E-state index contributed by atoms with van der Waals surface area (Å²) in [6.07, 6.45) is 1.93. The number of anilines is 1. The largest absolute Gasteiger partial charge is 0.381 e. The number of aromatic nitrogens is 4. The van der Waals surface area contributed by atoms with Crippen LogP contribution in [0.3, 0.4) is 0 Å². The van der Waals surface area contributed by atoms with Crippen LogP contribution in [-0.4, -0.2) is 59.8 Å². The van der Waals surface area contributed by atoms with Crippen LogP contribution < -0.4 is 9.62 Å². The smallest absolute Gasteiger partial charge is 0.291 e. The van der Waals surface area contributed by atoms with Gasteiger partial charge in [-0.3, -0.25) is 4.40 Å². The second-order valence-electron chi connectivity index (χ2n) is 9.24. The Kier molecular flexibility index (Phi) is 5.29. The van der Waals surface area contributed by atoms with Crippen LogP contribution in [0.15, 0.2) is 23.4 Å². The lowest BCUT2D eigenvalue weighted by Gasteiger charge is -2.35. The Morgan fingerprint density at radius 3 is 2.80 bits per heavy atom. The zero-order valence-electron chi connectivity index (χ0n) is 18.4. The number of nitriles is 1. The van der Waals surface area contributed by atoms with E-state index >= 15 is 0 Å². The van der Waals surface area contributed by atoms with Crippen molar-refractivity contribution in [2.45, 2.75) is 36.1 Å². The number of nitrogens with one attached hydrogen (secondary N) is 1. The van der Waals surface area contributed by atoms with Gasteiger partial charge in [0, 0.05) is 31.8 Å². The lowest BCUT2D eigenvalue weighted by atomic mass is 9.88. The Morgan fingerprint density at radius 1 is 1.29 bits per heavy atom. The number of halogens is 2. The minimum Gasteiger partial charge on any atom is -0.381 e. The molecule has 1 saturated carbocycles. The van der Waals surface area contributed by atoms with Crippen molar-refractivity contribution in [2.75, 3.05) is 31.2 Å². The molecule has 0 bridgehead atoms. The lowest BCUT2D eigenvalue weighted by molar-refractivity contribution is 0.150. The highest BCUT2D eigenvalue weighted by Crippen LogP contribution is 2.39. The predicted octanol–water partition coefficient (Wildman–Crippen LogP) is 2.60. The Labute approximate surface area is 203 Å². The first-order valence-corrected chi connectivity index (χ1v) is 13.5. The SMILES string of the molecule is N#CC1(NS(=O)(=O)c2cc(N3CC[C@H]4COC[C@@H]4C3)c3ncc(-c4nnc(C(F)F)s4)n3c2)CC1. The third-order valence-corrected chi connectivity index (χ3v) is 9.36. The number of fused-ring (bicyclic) bond motifs is 2.